The van der Waals surface area contributed by atoms with Gasteiger partial charge in [0.25, 0.3) is 0 Å². The van der Waals surface area contributed by atoms with E-state index in [1.807, 2.05) is 45.0 Å². The lowest BCUT2D eigenvalue weighted by molar-refractivity contribution is -0.00790. The molecule has 1 unspecified atom stereocenters. The van der Waals surface area contributed by atoms with Crippen molar-refractivity contribution in [3.63, 3.8) is 0 Å². The Morgan fingerprint density at radius 1 is 1.32 bits per heavy atom. The first-order valence-corrected chi connectivity index (χ1v) is 9.29. The molecule has 138 valence electrons. The van der Waals surface area contributed by atoms with Gasteiger partial charge in [0.1, 0.15) is 5.60 Å². The molecule has 25 heavy (non-hydrogen) atoms. The van der Waals surface area contributed by atoms with E-state index in [0.717, 1.165) is 24.9 Å². The molecule has 2 aliphatic heterocycles. The Bertz CT molecular complexity index is 631. The van der Waals surface area contributed by atoms with Crippen molar-refractivity contribution < 1.29 is 14.6 Å². The van der Waals surface area contributed by atoms with Crippen LogP contribution in [0.4, 0.5) is 4.79 Å². The summed E-state index contributed by atoms with van der Waals surface area (Å²) in [5.41, 5.74) is 0.377. The zero-order valence-corrected chi connectivity index (χ0v) is 15.9. The van der Waals surface area contributed by atoms with Crippen LogP contribution in [0, 0.1) is 0 Å². The van der Waals surface area contributed by atoms with E-state index in [9.17, 15) is 9.90 Å². The zero-order chi connectivity index (χ0) is 18.2. The van der Waals surface area contributed by atoms with Crippen molar-refractivity contribution in [2.24, 2.45) is 0 Å². The molecule has 0 saturated carbocycles. The number of halogens is 1. The van der Waals surface area contributed by atoms with Crippen LogP contribution in [0.25, 0.3) is 0 Å². The molecular formula is C19H27ClN2O3. The Kier molecular flexibility index (Phi) is 5.28. The predicted octanol–water partition coefficient (Wildman–Crippen LogP) is 3.46. The summed E-state index contributed by atoms with van der Waals surface area (Å²) >= 11 is 6.06. The third-order valence-corrected chi connectivity index (χ3v) is 5.19. The lowest BCUT2D eigenvalue weighted by Crippen LogP contribution is -2.55. The number of aliphatic hydroxyl groups excluding tert-OH is 1. The van der Waals surface area contributed by atoms with E-state index in [-0.39, 0.29) is 18.2 Å². The van der Waals surface area contributed by atoms with Gasteiger partial charge in [-0.1, -0.05) is 23.7 Å². The van der Waals surface area contributed by atoms with Gasteiger partial charge >= 0.3 is 6.09 Å². The van der Waals surface area contributed by atoms with Gasteiger partial charge < -0.3 is 14.7 Å². The summed E-state index contributed by atoms with van der Waals surface area (Å²) in [6.45, 7) is 7.69. The highest BCUT2D eigenvalue weighted by Crippen LogP contribution is 2.35. The van der Waals surface area contributed by atoms with Crippen molar-refractivity contribution in [3.8, 4) is 0 Å². The van der Waals surface area contributed by atoms with Crippen molar-refractivity contribution in [2.45, 2.75) is 57.4 Å². The molecule has 0 bridgehead atoms. The molecule has 0 aliphatic carbocycles. The van der Waals surface area contributed by atoms with Crippen LogP contribution in [0.3, 0.4) is 0 Å². The Labute approximate surface area is 154 Å². The van der Waals surface area contributed by atoms with Crippen molar-refractivity contribution in [1.82, 2.24) is 9.80 Å². The average molecular weight is 367 g/mol. The van der Waals surface area contributed by atoms with Gasteiger partial charge in [0.15, 0.2) is 0 Å². The minimum atomic E-state index is -0.559. The quantitative estimate of drug-likeness (QED) is 0.870. The van der Waals surface area contributed by atoms with E-state index in [1.165, 1.54) is 0 Å². The highest BCUT2D eigenvalue weighted by Gasteiger charge is 2.42. The second-order valence-electron chi connectivity index (χ2n) is 7.96. The van der Waals surface area contributed by atoms with E-state index in [1.54, 1.807) is 4.90 Å². The number of carbonyl (C=O) groups excluding carboxylic acids is 1. The maximum atomic E-state index is 12.3. The van der Waals surface area contributed by atoms with Crippen LogP contribution in [-0.2, 0) is 4.74 Å². The summed E-state index contributed by atoms with van der Waals surface area (Å²) in [6, 6.07) is 7.78. The fraction of sp³-hybridized carbons (Fsp3) is 0.632. The summed E-state index contributed by atoms with van der Waals surface area (Å²) in [7, 11) is 0. The van der Waals surface area contributed by atoms with Crippen molar-refractivity contribution >= 4 is 17.7 Å². The molecule has 2 aliphatic rings. The van der Waals surface area contributed by atoms with Crippen molar-refractivity contribution in [3.05, 3.63) is 34.9 Å². The lowest BCUT2D eigenvalue weighted by atomic mass is 10.0. The minimum absolute atomic E-state index is 0.0734. The molecule has 3 rings (SSSR count). The largest absolute Gasteiger partial charge is 0.444 e. The molecule has 2 fully saturated rings. The molecule has 5 nitrogen and oxygen atoms in total. The molecule has 0 radical (unpaired) electrons. The molecule has 3 atom stereocenters. The molecule has 6 heteroatoms. The second kappa shape index (κ2) is 7.14. The van der Waals surface area contributed by atoms with E-state index in [0.29, 0.717) is 18.1 Å². The molecule has 0 aromatic heterocycles. The fourth-order valence-corrected chi connectivity index (χ4v) is 4.03. The summed E-state index contributed by atoms with van der Waals surface area (Å²) in [6.07, 6.45) is 1.09. The van der Waals surface area contributed by atoms with Gasteiger partial charge in [-0.2, -0.15) is 0 Å². The predicted molar refractivity (Wildman–Crippen MR) is 97.7 cm³/mol. The van der Waals surface area contributed by atoms with Crippen LogP contribution in [0.2, 0.25) is 5.02 Å². The van der Waals surface area contributed by atoms with Crippen LogP contribution in [0.1, 0.15) is 45.3 Å². The number of aliphatic hydroxyl groups is 1. The smallest absolute Gasteiger partial charge is 0.410 e. The Morgan fingerprint density at radius 3 is 2.76 bits per heavy atom. The third kappa shape index (κ3) is 4.27. The normalized spacial score (nSPS) is 25.6. The summed E-state index contributed by atoms with van der Waals surface area (Å²) in [4.78, 5) is 16.4. The second-order valence-corrected chi connectivity index (χ2v) is 8.40. The number of benzene rings is 1. The minimum Gasteiger partial charge on any atom is -0.444 e. The van der Waals surface area contributed by atoms with Gasteiger partial charge in [-0.3, -0.25) is 4.90 Å². The third-order valence-electron chi connectivity index (χ3n) is 4.96. The van der Waals surface area contributed by atoms with Gasteiger partial charge in [0, 0.05) is 36.7 Å². The number of hydrogen-bond donors (Lipinski definition) is 1. The van der Waals surface area contributed by atoms with E-state index in [4.69, 9.17) is 16.3 Å². The fourth-order valence-electron chi connectivity index (χ4n) is 3.84. The van der Waals surface area contributed by atoms with E-state index < -0.39 is 11.7 Å². The van der Waals surface area contributed by atoms with Gasteiger partial charge in [-0.25, -0.2) is 4.79 Å². The summed E-state index contributed by atoms with van der Waals surface area (Å²) in [5.74, 6) is 0. The van der Waals surface area contributed by atoms with Crippen molar-refractivity contribution in [1.29, 1.82) is 0 Å². The first-order valence-electron chi connectivity index (χ1n) is 8.92. The average Bonchev–Trinajstić information content (AvgIpc) is 2.95. The summed E-state index contributed by atoms with van der Waals surface area (Å²) in [5, 5.41) is 11.4. The number of fused-ring (bicyclic) bond motifs is 1. The number of ether oxygens (including phenoxy) is 1. The topological polar surface area (TPSA) is 53.0 Å². The molecule has 2 saturated heterocycles. The Balaban J connectivity index is 1.64. The molecular weight excluding hydrogens is 340 g/mol. The first-order chi connectivity index (χ1) is 11.7. The van der Waals surface area contributed by atoms with Gasteiger partial charge in [0.05, 0.1) is 6.10 Å². The molecule has 2 heterocycles. The molecule has 1 aromatic rings. The molecule has 1 aromatic carbocycles. The Morgan fingerprint density at radius 2 is 2.08 bits per heavy atom. The van der Waals surface area contributed by atoms with Gasteiger partial charge in [-0.15, -0.1) is 0 Å². The maximum absolute atomic E-state index is 12.3. The number of piperazine rings is 1. The monoisotopic (exact) mass is 366 g/mol. The molecule has 1 N–H and O–H groups in total. The number of amides is 1. The van der Waals surface area contributed by atoms with Gasteiger partial charge in [-0.05, 0) is 51.3 Å². The van der Waals surface area contributed by atoms with Crippen LogP contribution < -0.4 is 0 Å². The van der Waals surface area contributed by atoms with Gasteiger partial charge in [0.2, 0.25) is 0 Å². The SMILES string of the molecule is CC(C)(C)OC(=O)N1CCN2[C@@H](CC[C@@H]2C(O)c2cccc(Cl)c2)C1. The standard InChI is InChI=1S/C19H27ClN2O3/c1-19(2,3)25-18(24)21-9-10-22-15(12-21)7-8-16(22)17(23)13-5-4-6-14(20)11-13/h4-6,11,15-17,23H,7-10,12H2,1-3H3/t15-,16+,17?/m0/s1. The highest BCUT2D eigenvalue weighted by molar-refractivity contribution is 6.30. The number of rotatable bonds is 2. The van der Waals surface area contributed by atoms with Crippen molar-refractivity contribution in [2.75, 3.05) is 19.6 Å². The number of hydrogen-bond acceptors (Lipinski definition) is 4. The lowest BCUT2D eigenvalue weighted by Gasteiger charge is -2.41. The maximum Gasteiger partial charge on any atom is 0.410 e. The number of nitrogens with zero attached hydrogens (tertiary/aromatic N) is 2. The van der Waals surface area contributed by atoms with Crippen LogP contribution in [0.15, 0.2) is 24.3 Å². The molecule has 0 spiro atoms. The van der Waals surface area contributed by atoms with Crippen LogP contribution in [-0.4, -0.2) is 58.3 Å². The van der Waals surface area contributed by atoms with E-state index >= 15 is 0 Å². The highest BCUT2D eigenvalue weighted by atomic mass is 35.5. The number of carbonyl (C=O) groups is 1. The van der Waals surface area contributed by atoms with Crippen LogP contribution >= 0.6 is 11.6 Å². The van der Waals surface area contributed by atoms with Crippen LogP contribution in [0.5, 0.6) is 0 Å². The van der Waals surface area contributed by atoms with E-state index in [2.05, 4.69) is 4.90 Å². The summed E-state index contributed by atoms with van der Waals surface area (Å²) < 4.78 is 5.49. The first kappa shape index (κ1) is 18.5. The Hall–Kier alpha value is -1.30. The molecule has 1 amide bonds. The zero-order valence-electron chi connectivity index (χ0n) is 15.1.